The van der Waals surface area contributed by atoms with Gasteiger partial charge in [-0.2, -0.15) is 0 Å². The van der Waals surface area contributed by atoms with E-state index in [1.807, 2.05) is 24.3 Å². The highest BCUT2D eigenvalue weighted by Gasteiger charge is 2.26. The van der Waals surface area contributed by atoms with Crippen LogP contribution in [0.15, 0.2) is 64.2 Å². The zero-order valence-electron chi connectivity index (χ0n) is 15.8. The van der Waals surface area contributed by atoms with Crippen LogP contribution in [0.4, 0.5) is 11.4 Å². The molecule has 6 nitrogen and oxygen atoms in total. The molecule has 0 aliphatic heterocycles. The van der Waals surface area contributed by atoms with Crippen LogP contribution in [0.25, 0.3) is 27.6 Å². The van der Waals surface area contributed by atoms with Gasteiger partial charge in [-0.15, -0.1) is 0 Å². The minimum Gasteiger partial charge on any atom is -0.397 e. The average molecular weight is 370 g/mol. The molecule has 0 saturated carbocycles. The molecule has 3 aromatic rings. The number of anilines is 2. The third-order valence-corrected chi connectivity index (χ3v) is 5.16. The van der Waals surface area contributed by atoms with Crippen LogP contribution in [0, 0.1) is 0 Å². The molecule has 1 aliphatic rings. The summed E-state index contributed by atoms with van der Waals surface area (Å²) in [5.41, 5.74) is 31.7. The normalized spacial score (nSPS) is 16.8. The Labute approximate surface area is 163 Å². The largest absolute Gasteiger partial charge is 0.397 e. The van der Waals surface area contributed by atoms with Gasteiger partial charge in [0.25, 0.3) is 0 Å². The van der Waals surface area contributed by atoms with E-state index in [-0.39, 0.29) is 0 Å². The lowest BCUT2D eigenvalue weighted by molar-refractivity contribution is 1.33. The van der Waals surface area contributed by atoms with Crippen LogP contribution < -0.4 is 22.9 Å². The summed E-state index contributed by atoms with van der Waals surface area (Å²) in [4.78, 5) is 8.71. The Balaban J connectivity index is 1.95. The van der Waals surface area contributed by atoms with Crippen molar-refractivity contribution < 1.29 is 0 Å². The van der Waals surface area contributed by atoms with E-state index in [2.05, 4.69) is 34.3 Å². The van der Waals surface area contributed by atoms with E-state index in [1.54, 1.807) is 14.1 Å². The molecule has 0 unspecified atom stereocenters. The maximum absolute atomic E-state index is 6.31. The van der Waals surface area contributed by atoms with Crippen molar-refractivity contribution in [2.24, 2.45) is 21.5 Å². The Kier molecular flexibility index (Phi) is 4.04. The second-order valence-corrected chi connectivity index (χ2v) is 6.78. The van der Waals surface area contributed by atoms with Crippen LogP contribution >= 0.6 is 0 Å². The zero-order valence-corrected chi connectivity index (χ0v) is 15.8. The van der Waals surface area contributed by atoms with Gasteiger partial charge in [0.2, 0.25) is 0 Å². The number of nitrogens with two attached hydrogens (primary N) is 4. The summed E-state index contributed by atoms with van der Waals surface area (Å²) in [6.07, 6.45) is 0. The molecular weight excluding hydrogens is 348 g/mol. The minimum atomic E-state index is 0.462. The van der Waals surface area contributed by atoms with Gasteiger partial charge in [-0.3, -0.25) is 9.98 Å². The van der Waals surface area contributed by atoms with E-state index < -0.39 is 0 Å². The first kappa shape index (κ1) is 17.6. The molecule has 0 radical (unpaired) electrons. The number of hydrogen-bond donors (Lipinski definition) is 4. The van der Waals surface area contributed by atoms with Crippen LogP contribution in [0.1, 0.15) is 11.1 Å². The number of fused-ring (bicyclic) bond motifs is 2. The Morgan fingerprint density at radius 2 is 1.21 bits per heavy atom. The predicted octanol–water partition coefficient (Wildman–Crippen LogP) is 2.76. The summed E-state index contributed by atoms with van der Waals surface area (Å²) in [6, 6.07) is 16.0. The maximum Gasteiger partial charge on any atom is 0.108 e. The van der Waals surface area contributed by atoms with Gasteiger partial charge >= 0.3 is 0 Å². The first-order valence-electron chi connectivity index (χ1n) is 8.88. The van der Waals surface area contributed by atoms with Gasteiger partial charge in [-0.05, 0) is 52.2 Å². The molecule has 6 heteroatoms. The third kappa shape index (κ3) is 2.58. The van der Waals surface area contributed by atoms with Crippen molar-refractivity contribution in [1.82, 2.24) is 0 Å². The van der Waals surface area contributed by atoms with E-state index in [0.717, 1.165) is 38.7 Å². The molecule has 8 N–H and O–H groups in total. The molecule has 4 rings (SSSR count). The lowest BCUT2D eigenvalue weighted by Gasteiger charge is -2.22. The number of allylic oxidation sites excluding steroid dienone is 1. The third-order valence-electron chi connectivity index (χ3n) is 5.16. The highest BCUT2D eigenvalue weighted by molar-refractivity contribution is 6.56. The van der Waals surface area contributed by atoms with E-state index >= 15 is 0 Å². The SMILES string of the molecule is CN=C1C(=NC)c2cc3cc(-c4ccc(N)c(N)c4)ccc3cc2C(N)=C1N. The molecule has 0 atom stereocenters. The summed E-state index contributed by atoms with van der Waals surface area (Å²) in [7, 11) is 3.42. The minimum absolute atomic E-state index is 0.462. The van der Waals surface area contributed by atoms with Crippen LogP contribution in [0.3, 0.4) is 0 Å². The van der Waals surface area contributed by atoms with Crippen molar-refractivity contribution in [1.29, 1.82) is 0 Å². The molecule has 28 heavy (non-hydrogen) atoms. The molecule has 140 valence electrons. The topological polar surface area (TPSA) is 129 Å². The van der Waals surface area contributed by atoms with Crippen molar-refractivity contribution in [2.45, 2.75) is 0 Å². The standard InChI is InChI=1S/C22H22N6/c1-27-21-16-9-14-7-11(13-5-6-17(23)18(24)10-13)3-4-12(14)8-15(16)19(25)20(26)22(21)28-2/h3-10H,23-26H2,1-2H3. The summed E-state index contributed by atoms with van der Waals surface area (Å²) in [5.74, 6) is 0. The van der Waals surface area contributed by atoms with Crippen LogP contribution in [0.5, 0.6) is 0 Å². The highest BCUT2D eigenvalue weighted by atomic mass is 14.8. The average Bonchev–Trinajstić information content (AvgIpc) is 2.71. The molecule has 0 aromatic heterocycles. The molecule has 3 aromatic carbocycles. The molecule has 0 heterocycles. The van der Waals surface area contributed by atoms with E-state index in [1.165, 1.54) is 0 Å². The van der Waals surface area contributed by atoms with Crippen molar-refractivity contribution in [3.8, 4) is 11.1 Å². The van der Waals surface area contributed by atoms with Gasteiger partial charge < -0.3 is 22.9 Å². The molecular formula is C22H22N6. The van der Waals surface area contributed by atoms with Crippen molar-refractivity contribution >= 4 is 39.3 Å². The number of benzene rings is 3. The second-order valence-electron chi connectivity index (χ2n) is 6.78. The Hall–Kier alpha value is -3.80. The number of nitrogen functional groups attached to an aromatic ring is 2. The van der Waals surface area contributed by atoms with Gasteiger partial charge in [0.15, 0.2) is 0 Å². The monoisotopic (exact) mass is 370 g/mol. The molecule has 0 spiro atoms. The first-order chi connectivity index (χ1) is 13.4. The summed E-state index contributed by atoms with van der Waals surface area (Å²) in [5, 5.41) is 2.13. The van der Waals surface area contributed by atoms with Crippen LogP contribution in [-0.4, -0.2) is 25.5 Å². The van der Waals surface area contributed by atoms with Gasteiger partial charge in [-0.1, -0.05) is 18.2 Å². The van der Waals surface area contributed by atoms with Gasteiger partial charge in [-0.25, -0.2) is 0 Å². The van der Waals surface area contributed by atoms with Gasteiger partial charge in [0.05, 0.1) is 28.5 Å². The number of rotatable bonds is 1. The molecule has 0 saturated heterocycles. The van der Waals surface area contributed by atoms with Crippen molar-refractivity contribution in [3.63, 3.8) is 0 Å². The molecule has 1 aliphatic carbocycles. The number of hydrogen-bond acceptors (Lipinski definition) is 6. The van der Waals surface area contributed by atoms with E-state index in [9.17, 15) is 0 Å². The zero-order chi connectivity index (χ0) is 20.0. The lowest BCUT2D eigenvalue weighted by atomic mass is 9.87. The van der Waals surface area contributed by atoms with Gasteiger partial charge in [0, 0.05) is 25.2 Å². The fraction of sp³-hybridized carbons (Fsp3) is 0.0909. The molecule has 0 fully saturated rings. The fourth-order valence-corrected chi connectivity index (χ4v) is 3.63. The second kappa shape index (κ2) is 6.42. The quantitative estimate of drug-likeness (QED) is 0.491. The maximum atomic E-state index is 6.31. The summed E-state index contributed by atoms with van der Waals surface area (Å²) < 4.78 is 0. The van der Waals surface area contributed by atoms with E-state index in [0.29, 0.717) is 28.5 Å². The summed E-state index contributed by atoms with van der Waals surface area (Å²) in [6.45, 7) is 0. The molecule has 0 amide bonds. The predicted molar refractivity (Wildman–Crippen MR) is 119 cm³/mol. The Morgan fingerprint density at radius 1 is 0.571 bits per heavy atom. The smallest absolute Gasteiger partial charge is 0.108 e. The van der Waals surface area contributed by atoms with Crippen LogP contribution in [0.2, 0.25) is 0 Å². The lowest BCUT2D eigenvalue weighted by Crippen LogP contribution is -2.31. The van der Waals surface area contributed by atoms with Crippen LogP contribution in [-0.2, 0) is 0 Å². The Morgan fingerprint density at radius 3 is 1.89 bits per heavy atom. The number of nitrogens with zero attached hydrogens (tertiary/aromatic N) is 2. The van der Waals surface area contributed by atoms with E-state index in [4.69, 9.17) is 22.9 Å². The molecule has 0 bridgehead atoms. The number of aliphatic imine (C=N–C) groups is 2. The highest BCUT2D eigenvalue weighted by Crippen LogP contribution is 2.33. The van der Waals surface area contributed by atoms with Crippen molar-refractivity contribution in [2.75, 3.05) is 25.6 Å². The fourth-order valence-electron chi connectivity index (χ4n) is 3.63. The summed E-state index contributed by atoms with van der Waals surface area (Å²) >= 11 is 0. The van der Waals surface area contributed by atoms with Crippen molar-refractivity contribution in [3.05, 3.63) is 65.4 Å². The first-order valence-corrected chi connectivity index (χ1v) is 8.88. The van der Waals surface area contributed by atoms with Gasteiger partial charge in [0.1, 0.15) is 5.71 Å². The Bertz CT molecular complexity index is 1220.